The number of morpholine rings is 1. The molecule has 1 saturated heterocycles. The number of amides is 1. The van der Waals surface area contributed by atoms with Gasteiger partial charge in [0, 0.05) is 43.0 Å². The Morgan fingerprint density at radius 1 is 1.09 bits per heavy atom. The minimum atomic E-state index is -0.217. The highest BCUT2D eigenvalue weighted by atomic mass is 16.5. The van der Waals surface area contributed by atoms with Gasteiger partial charge in [-0.2, -0.15) is 14.7 Å². The van der Waals surface area contributed by atoms with Crippen molar-refractivity contribution in [2.75, 3.05) is 31.2 Å². The fourth-order valence-electron chi connectivity index (χ4n) is 3.94. The van der Waals surface area contributed by atoms with Gasteiger partial charge in [0.2, 0.25) is 0 Å². The fraction of sp³-hybridized carbons (Fsp3) is 0.333. The molecule has 1 N–H and O–H groups in total. The normalized spacial score (nSPS) is 14.2. The first-order valence-corrected chi connectivity index (χ1v) is 11.2. The van der Waals surface area contributed by atoms with Crippen LogP contribution >= 0.6 is 0 Å². The Hall–Kier alpha value is -3.72. The second kappa shape index (κ2) is 8.67. The van der Waals surface area contributed by atoms with Crippen LogP contribution in [-0.2, 0) is 4.74 Å². The Kier molecular flexibility index (Phi) is 5.55. The van der Waals surface area contributed by atoms with Crippen molar-refractivity contribution in [1.82, 2.24) is 29.7 Å². The van der Waals surface area contributed by atoms with Crippen molar-refractivity contribution in [2.24, 2.45) is 0 Å². The summed E-state index contributed by atoms with van der Waals surface area (Å²) in [6, 6.07) is 13.9. The van der Waals surface area contributed by atoms with Crippen molar-refractivity contribution >= 4 is 17.4 Å². The predicted octanol–water partition coefficient (Wildman–Crippen LogP) is 2.87. The standard InChI is InChI=1S/C24H27N7O2/c1-16(2)25-24(32)20-14-22-26-21(15-23(31(22)28-20)29-9-11-33-12-10-29)30-8-7-19(27-30)18-6-4-5-17(3)13-18/h4-8,13-16H,9-12H2,1-3H3,(H,25,32). The molecule has 9 heteroatoms. The van der Waals surface area contributed by atoms with Gasteiger partial charge in [0.1, 0.15) is 5.82 Å². The van der Waals surface area contributed by atoms with Crippen LogP contribution in [-0.4, -0.2) is 62.6 Å². The lowest BCUT2D eigenvalue weighted by Crippen LogP contribution is -2.37. The van der Waals surface area contributed by atoms with Crippen LogP contribution in [0.3, 0.4) is 0 Å². The summed E-state index contributed by atoms with van der Waals surface area (Å²) in [4.78, 5) is 19.6. The number of fused-ring (bicyclic) bond motifs is 1. The van der Waals surface area contributed by atoms with E-state index in [1.54, 1.807) is 15.3 Å². The molecule has 3 aromatic heterocycles. The van der Waals surface area contributed by atoms with Crippen molar-refractivity contribution in [1.29, 1.82) is 0 Å². The SMILES string of the molecule is Cc1cccc(-c2ccn(-c3cc(N4CCOCC4)n4nc(C(=O)NC(C)C)cc4n3)n2)c1. The van der Waals surface area contributed by atoms with E-state index in [-0.39, 0.29) is 11.9 Å². The van der Waals surface area contributed by atoms with Gasteiger partial charge in [0.15, 0.2) is 17.2 Å². The van der Waals surface area contributed by atoms with Gasteiger partial charge >= 0.3 is 0 Å². The Morgan fingerprint density at radius 2 is 1.91 bits per heavy atom. The maximum atomic E-state index is 12.6. The van der Waals surface area contributed by atoms with E-state index >= 15 is 0 Å². The van der Waals surface area contributed by atoms with Crippen LogP contribution in [0.5, 0.6) is 0 Å². The largest absolute Gasteiger partial charge is 0.378 e. The number of aryl methyl sites for hydroxylation is 1. The van der Waals surface area contributed by atoms with Gasteiger partial charge in [-0.15, -0.1) is 0 Å². The van der Waals surface area contributed by atoms with Gasteiger partial charge in [-0.3, -0.25) is 4.79 Å². The number of benzene rings is 1. The molecule has 0 bridgehead atoms. The number of hydrogen-bond acceptors (Lipinski definition) is 6. The number of anilines is 1. The third-order valence-corrected chi connectivity index (χ3v) is 5.52. The van der Waals surface area contributed by atoms with Crippen LogP contribution in [0.2, 0.25) is 0 Å². The summed E-state index contributed by atoms with van der Waals surface area (Å²) >= 11 is 0. The molecule has 0 spiro atoms. The van der Waals surface area contributed by atoms with E-state index in [1.165, 1.54) is 5.56 Å². The molecule has 1 aliphatic heterocycles. The first-order valence-electron chi connectivity index (χ1n) is 11.2. The van der Waals surface area contributed by atoms with Crippen LogP contribution in [0.1, 0.15) is 29.9 Å². The summed E-state index contributed by atoms with van der Waals surface area (Å²) in [6.07, 6.45) is 1.91. The Balaban J connectivity index is 1.58. The third-order valence-electron chi connectivity index (χ3n) is 5.52. The number of ether oxygens (including phenoxy) is 1. The predicted molar refractivity (Wildman–Crippen MR) is 126 cm³/mol. The average molecular weight is 446 g/mol. The van der Waals surface area contributed by atoms with Gasteiger partial charge in [-0.1, -0.05) is 23.8 Å². The monoisotopic (exact) mass is 445 g/mol. The van der Waals surface area contributed by atoms with Crippen LogP contribution in [0.25, 0.3) is 22.7 Å². The quantitative estimate of drug-likeness (QED) is 0.508. The van der Waals surface area contributed by atoms with Crippen molar-refractivity contribution in [2.45, 2.75) is 26.8 Å². The summed E-state index contributed by atoms with van der Waals surface area (Å²) in [7, 11) is 0. The van der Waals surface area contributed by atoms with Crippen molar-refractivity contribution < 1.29 is 9.53 Å². The summed E-state index contributed by atoms with van der Waals surface area (Å²) < 4.78 is 9.03. The summed E-state index contributed by atoms with van der Waals surface area (Å²) in [6.45, 7) is 8.66. The minimum Gasteiger partial charge on any atom is -0.378 e. The van der Waals surface area contributed by atoms with Gasteiger partial charge in [0.25, 0.3) is 5.91 Å². The van der Waals surface area contributed by atoms with Crippen LogP contribution < -0.4 is 10.2 Å². The zero-order chi connectivity index (χ0) is 22.9. The highest BCUT2D eigenvalue weighted by Gasteiger charge is 2.21. The van der Waals surface area contributed by atoms with E-state index in [4.69, 9.17) is 14.8 Å². The first kappa shape index (κ1) is 21.1. The number of rotatable bonds is 5. The number of carbonyl (C=O) groups is 1. The van der Waals surface area contributed by atoms with Crippen LogP contribution in [0, 0.1) is 6.92 Å². The number of hydrogen-bond donors (Lipinski definition) is 1. The highest BCUT2D eigenvalue weighted by molar-refractivity contribution is 5.93. The molecule has 9 nitrogen and oxygen atoms in total. The molecule has 33 heavy (non-hydrogen) atoms. The Labute approximate surface area is 192 Å². The lowest BCUT2D eigenvalue weighted by Gasteiger charge is -2.29. The third kappa shape index (κ3) is 4.31. The maximum Gasteiger partial charge on any atom is 0.272 e. The maximum absolute atomic E-state index is 12.6. The molecule has 0 unspecified atom stereocenters. The van der Waals surface area contributed by atoms with Gasteiger partial charge in [-0.05, 0) is 32.9 Å². The van der Waals surface area contributed by atoms with Crippen LogP contribution in [0.4, 0.5) is 5.82 Å². The molecule has 0 saturated carbocycles. The van der Waals surface area contributed by atoms with E-state index in [9.17, 15) is 4.79 Å². The number of carbonyl (C=O) groups excluding carboxylic acids is 1. The van der Waals surface area contributed by atoms with E-state index in [1.807, 2.05) is 44.3 Å². The highest BCUT2D eigenvalue weighted by Crippen LogP contribution is 2.24. The first-order chi connectivity index (χ1) is 16.0. The Morgan fingerprint density at radius 3 is 2.67 bits per heavy atom. The van der Waals surface area contributed by atoms with E-state index in [2.05, 4.69) is 34.4 Å². The number of nitrogens with one attached hydrogen (secondary N) is 1. The zero-order valence-electron chi connectivity index (χ0n) is 19.0. The van der Waals surface area contributed by atoms with E-state index in [0.717, 1.165) is 30.2 Å². The lowest BCUT2D eigenvalue weighted by atomic mass is 10.1. The second-order valence-corrected chi connectivity index (χ2v) is 8.51. The van der Waals surface area contributed by atoms with Gasteiger partial charge in [0.05, 0.1) is 18.9 Å². The summed E-state index contributed by atoms with van der Waals surface area (Å²) in [5.74, 6) is 1.30. The summed E-state index contributed by atoms with van der Waals surface area (Å²) in [5.41, 5.74) is 4.04. The molecular formula is C24H27N7O2. The molecule has 0 radical (unpaired) electrons. The molecule has 0 aliphatic carbocycles. The minimum absolute atomic E-state index is 0.0219. The molecule has 4 heterocycles. The lowest BCUT2D eigenvalue weighted by molar-refractivity contribution is 0.0937. The molecule has 1 amide bonds. The molecule has 1 aromatic carbocycles. The van der Waals surface area contributed by atoms with E-state index in [0.29, 0.717) is 30.4 Å². The molecular weight excluding hydrogens is 418 g/mol. The van der Waals surface area contributed by atoms with E-state index < -0.39 is 0 Å². The molecule has 1 fully saturated rings. The molecule has 170 valence electrons. The molecule has 4 aromatic rings. The second-order valence-electron chi connectivity index (χ2n) is 8.51. The van der Waals surface area contributed by atoms with Gasteiger partial charge in [-0.25, -0.2) is 9.67 Å². The van der Waals surface area contributed by atoms with Gasteiger partial charge < -0.3 is 15.0 Å². The van der Waals surface area contributed by atoms with Crippen molar-refractivity contribution in [3.63, 3.8) is 0 Å². The molecule has 1 aliphatic rings. The number of nitrogens with zero attached hydrogens (tertiary/aromatic N) is 6. The zero-order valence-corrected chi connectivity index (χ0v) is 19.0. The molecule has 0 atom stereocenters. The Bertz CT molecular complexity index is 1300. The smallest absolute Gasteiger partial charge is 0.272 e. The van der Waals surface area contributed by atoms with Crippen LogP contribution in [0.15, 0.2) is 48.7 Å². The van der Waals surface area contributed by atoms with Crippen molar-refractivity contribution in [3.8, 4) is 17.1 Å². The number of aromatic nitrogens is 5. The van der Waals surface area contributed by atoms with Crippen molar-refractivity contribution in [3.05, 3.63) is 59.9 Å². The molecule has 5 rings (SSSR count). The fourth-order valence-corrected chi connectivity index (χ4v) is 3.94. The average Bonchev–Trinajstić information content (AvgIpc) is 3.46. The summed E-state index contributed by atoms with van der Waals surface area (Å²) in [5, 5.41) is 12.2. The topological polar surface area (TPSA) is 89.6 Å².